The van der Waals surface area contributed by atoms with Crippen molar-refractivity contribution >= 4 is 41.1 Å². The van der Waals surface area contributed by atoms with Gasteiger partial charge in [-0.25, -0.2) is 8.42 Å². The Bertz CT molecular complexity index is 1110. The molecule has 0 aliphatic carbocycles. The summed E-state index contributed by atoms with van der Waals surface area (Å²) < 4.78 is 44.4. The average Bonchev–Trinajstić information content (AvgIpc) is 2.70. The second-order valence-electron chi connectivity index (χ2n) is 10.2. The van der Waals surface area contributed by atoms with Gasteiger partial charge in [0.25, 0.3) is 0 Å². The van der Waals surface area contributed by atoms with Crippen molar-refractivity contribution < 1.29 is 21.4 Å². The lowest BCUT2D eigenvalue weighted by molar-refractivity contribution is 0.310. The van der Waals surface area contributed by atoms with Crippen LogP contribution in [0.15, 0.2) is 64.4 Å². The first-order valence-corrected chi connectivity index (χ1v) is 22.0. The van der Waals surface area contributed by atoms with Crippen LogP contribution in [0.2, 0.25) is 51.9 Å². The second-order valence-corrected chi connectivity index (χ2v) is 24.9. The van der Waals surface area contributed by atoms with Gasteiger partial charge in [-0.05, 0) is 81.7 Å². The lowest BCUT2D eigenvalue weighted by Crippen LogP contribution is -2.53. The van der Waals surface area contributed by atoms with Crippen molar-refractivity contribution in [3.05, 3.63) is 65.1 Å². The molecule has 0 amide bonds. The Balaban J connectivity index is 2.10. The summed E-state index contributed by atoms with van der Waals surface area (Å²) in [6, 6.07) is 17.5. The number of nitrogens with zero attached hydrogens (tertiary/aromatic N) is 1. The molecule has 2 aromatic carbocycles. The maximum Gasteiger partial charge on any atom is 0.317 e. The van der Waals surface area contributed by atoms with Crippen molar-refractivity contribution in [1.29, 1.82) is 5.26 Å². The van der Waals surface area contributed by atoms with Gasteiger partial charge in [0.1, 0.15) is 16.7 Å². The van der Waals surface area contributed by atoms with E-state index in [9.17, 15) is 13.7 Å². The fourth-order valence-electron chi connectivity index (χ4n) is 3.48. The first-order chi connectivity index (χ1) is 15.6. The normalized spacial score (nSPS) is 13.4. The van der Waals surface area contributed by atoms with Gasteiger partial charge in [-0.1, -0.05) is 30.3 Å². The van der Waals surface area contributed by atoms with E-state index >= 15 is 0 Å². The molecule has 0 aliphatic rings. The van der Waals surface area contributed by atoms with Crippen molar-refractivity contribution in [2.75, 3.05) is 6.61 Å². The van der Waals surface area contributed by atoms with E-state index in [1.807, 2.05) is 6.07 Å². The molecule has 2 aromatic rings. The molecule has 0 N–H and O–H groups in total. The van der Waals surface area contributed by atoms with Crippen LogP contribution in [0.5, 0.6) is 5.75 Å². The van der Waals surface area contributed by atoms with Gasteiger partial charge in [0.05, 0.1) is 11.5 Å². The van der Waals surface area contributed by atoms with Crippen molar-refractivity contribution in [2.24, 2.45) is 0 Å². The third-order valence-corrected chi connectivity index (χ3v) is 15.6. The van der Waals surface area contributed by atoms with E-state index in [2.05, 4.69) is 45.8 Å². The average molecular weight is 534 g/mol. The van der Waals surface area contributed by atoms with Gasteiger partial charge in [0, 0.05) is 6.04 Å². The molecule has 0 radical (unpaired) electrons. The zero-order chi connectivity index (χ0) is 25.6. The fraction of sp³-hybridized carbons (Fsp3) is 0.375. The van der Waals surface area contributed by atoms with Gasteiger partial charge < -0.3 is 13.0 Å². The minimum atomic E-state index is -3.87. The first-order valence-electron chi connectivity index (χ1n) is 11.2. The molecule has 0 bridgehead atoms. The predicted octanol–water partition coefficient (Wildman–Crippen LogP) is 6.18. The smallest absolute Gasteiger partial charge is 0.317 e. The summed E-state index contributed by atoms with van der Waals surface area (Å²) in [6.45, 7) is 15.6. The maximum absolute atomic E-state index is 12.7. The number of rotatable bonds is 11. The summed E-state index contributed by atoms with van der Waals surface area (Å²) in [5.41, 5.74) is 0.603. The van der Waals surface area contributed by atoms with Crippen LogP contribution in [0.4, 0.5) is 0 Å². The highest BCUT2D eigenvalue weighted by Crippen LogP contribution is 2.25. The second kappa shape index (κ2) is 11.2. The van der Waals surface area contributed by atoms with E-state index in [0.29, 0.717) is 17.9 Å². The van der Waals surface area contributed by atoms with Crippen LogP contribution < -0.4 is 4.74 Å². The molecular formula is C24H35NO5SSi3. The number of sulfone groups is 1. The Labute approximate surface area is 207 Å². The van der Waals surface area contributed by atoms with Crippen LogP contribution in [0.1, 0.15) is 5.56 Å². The molecule has 0 aromatic heterocycles. The van der Waals surface area contributed by atoms with E-state index < -0.39 is 35.0 Å². The minimum absolute atomic E-state index is 0.0936. The van der Waals surface area contributed by atoms with Crippen molar-refractivity contribution in [2.45, 2.75) is 56.8 Å². The van der Waals surface area contributed by atoms with Crippen LogP contribution >= 0.6 is 0 Å². The van der Waals surface area contributed by atoms with Crippen LogP contribution in [0, 0.1) is 11.3 Å². The molecule has 0 fully saturated rings. The Hall–Kier alpha value is -2.01. The van der Waals surface area contributed by atoms with E-state index in [1.165, 1.54) is 18.2 Å². The molecule has 0 atom stereocenters. The Kier molecular flexibility index (Phi) is 9.26. The zero-order valence-corrected chi connectivity index (χ0v) is 24.9. The van der Waals surface area contributed by atoms with E-state index in [-0.39, 0.29) is 9.80 Å². The van der Waals surface area contributed by atoms with Crippen molar-refractivity contribution in [3.63, 3.8) is 0 Å². The van der Waals surface area contributed by atoms with E-state index in [0.717, 1.165) is 6.04 Å². The summed E-state index contributed by atoms with van der Waals surface area (Å²) in [4.78, 5) is -0.211. The van der Waals surface area contributed by atoms with Gasteiger partial charge in [-0.15, -0.1) is 0 Å². The SMILES string of the molecule is C[Si](C)(C)O[Si](C)(CCOc1ccc(/C=C(\C#N)S(=O)(=O)c2ccccc2)cc1)O[Si](C)(C)C. The minimum Gasteiger partial charge on any atom is -0.494 e. The Morgan fingerprint density at radius 2 is 1.41 bits per heavy atom. The zero-order valence-electron chi connectivity index (χ0n) is 21.1. The predicted molar refractivity (Wildman–Crippen MR) is 144 cm³/mol. The fourth-order valence-corrected chi connectivity index (χ4v) is 16.9. The number of hydrogen-bond acceptors (Lipinski definition) is 6. The number of nitriles is 1. The first kappa shape index (κ1) is 28.2. The highest BCUT2D eigenvalue weighted by molar-refractivity contribution is 7.95. The van der Waals surface area contributed by atoms with E-state index in [4.69, 9.17) is 13.0 Å². The standard InChI is InChI=1S/C24H35NO5SSi3/c1-32(2,3)29-34(7,30-33(4,5)6)18-17-28-22-15-13-21(14-16-22)19-24(20-25)31(26,27)23-11-9-8-10-12-23/h8-16,19H,17-18H2,1-7H3/b24-19+. The Morgan fingerprint density at radius 1 is 0.882 bits per heavy atom. The number of allylic oxidation sites excluding steroid dienone is 1. The van der Waals surface area contributed by atoms with Crippen LogP contribution in [0.25, 0.3) is 6.08 Å². The molecule has 34 heavy (non-hydrogen) atoms. The highest BCUT2D eigenvalue weighted by Gasteiger charge is 2.40. The summed E-state index contributed by atoms with van der Waals surface area (Å²) >= 11 is 0. The molecule has 184 valence electrons. The molecule has 10 heteroatoms. The number of hydrogen-bond donors (Lipinski definition) is 0. The molecule has 0 saturated heterocycles. The molecule has 0 spiro atoms. The van der Waals surface area contributed by atoms with E-state index in [1.54, 1.807) is 42.5 Å². The van der Waals surface area contributed by atoms with Gasteiger partial charge in [-0.3, -0.25) is 0 Å². The van der Waals surface area contributed by atoms with Crippen LogP contribution in [-0.2, 0) is 18.1 Å². The van der Waals surface area contributed by atoms with Gasteiger partial charge in [-0.2, -0.15) is 5.26 Å². The third-order valence-electron chi connectivity index (χ3n) is 4.50. The third kappa shape index (κ3) is 8.98. The molecule has 2 rings (SSSR count). The maximum atomic E-state index is 12.7. The number of ether oxygens (including phenoxy) is 1. The van der Waals surface area contributed by atoms with Gasteiger partial charge in [0.15, 0.2) is 16.6 Å². The molecule has 0 unspecified atom stereocenters. The monoisotopic (exact) mass is 533 g/mol. The lowest BCUT2D eigenvalue weighted by atomic mass is 10.2. The van der Waals surface area contributed by atoms with Crippen LogP contribution in [-0.4, -0.2) is 40.2 Å². The summed E-state index contributed by atoms with van der Waals surface area (Å²) in [5, 5.41) is 9.46. The largest absolute Gasteiger partial charge is 0.494 e. The molecular weight excluding hydrogens is 499 g/mol. The summed E-state index contributed by atoms with van der Waals surface area (Å²) in [7, 11) is -9.78. The topological polar surface area (TPSA) is 85.6 Å². The molecule has 0 heterocycles. The number of benzene rings is 2. The Morgan fingerprint density at radius 3 is 1.88 bits per heavy atom. The lowest BCUT2D eigenvalue weighted by Gasteiger charge is -2.38. The van der Waals surface area contributed by atoms with Gasteiger partial charge >= 0.3 is 8.56 Å². The van der Waals surface area contributed by atoms with Crippen LogP contribution in [0.3, 0.4) is 0 Å². The summed E-state index contributed by atoms with van der Waals surface area (Å²) in [6.07, 6.45) is 1.37. The molecule has 6 nitrogen and oxygen atoms in total. The molecule has 0 aliphatic heterocycles. The van der Waals surface area contributed by atoms with Crippen molar-refractivity contribution in [3.8, 4) is 11.8 Å². The highest BCUT2D eigenvalue weighted by atomic mass is 32.2. The summed E-state index contributed by atoms with van der Waals surface area (Å²) in [5.74, 6) is 0.666. The van der Waals surface area contributed by atoms with Gasteiger partial charge in [0.2, 0.25) is 9.84 Å². The molecule has 0 saturated carbocycles. The quantitative estimate of drug-likeness (QED) is 0.253. The van der Waals surface area contributed by atoms with Crippen molar-refractivity contribution in [1.82, 2.24) is 0 Å².